The molecule has 29 heavy (non-hydrogen) atoms. The van der Waals surface area contributed by atoms with Crippen LogP contribution >= 0.6 is 0 Å². The van der Waals surface area contributed by atoms with Crippen molar-refractivity contribution in [2.45, 2.75) is 18.4 Å². The summed E-state index contributed by atoms with van der Waals surface area (Å²) in [7, 11) is 2.99. The zero-order valence-corrected chi connectivity index (χ0v) is 16.4. The van der Waals surface area contributed by atoms with E-state index in [-0.39, 0.29) is 17.6 Å². The summed E-state index contributed by atoms with van der Waals surface area (Å²) in [5.41, 5.74) is 7.84. The summed E-state index contributed by atoms with van der Waals surface area (Å²) in [6, 6.07) is 7.87. The minimum Gasteiger partial charge on any atom is -0.494 e. The van der Waals surface area contributed by atoms with Crippen molar-refractivity contribution in [3.8, 4) is 11.6 Å². The van der Waals surface area contributed by atoms with Crippen molar-refractivity contribution in [2.75, 3.05) is 44.1 Å². The molecule has 2 aliphatic rings. The van der Waals surface area contributed by atoms with Crippen molar-refractivity contribution >= 4 is 17.4 Å². The third-order valence-corrected chi connectivity index (χ3v) is 5.30. The van der Waals surface area contributed by atoms with Gasteiger partial charge in [-0.15, -0.1) is 0 Å². The summed E-state index contributed by atoms with van der Waals surface area (Å²) in [6.07, 6.45) is 0.612. The predicted molar refractivity (Wildman–Crippen MR) is 107 cm³/mol. The molecule has 3 heterocycles. The molecule has 1 aromatic carbocycles. The van der Waals surface area contributed by atoms with E-state index in [4.69, 9.17) is 9.47 Å². The third-order valence-electron chi connectivity index (χ3n) is 5.30. The molecule has 4 rings (SSSR count). The Labute approximate surface area is 168 Å². The molecule has 1 unspecified atom stereocenters. The number of amides is 1. The van der Waals surface area contributed by atoms with Crippen LogP contribution in [0.5, 0.6) is 11.6 Å². The maximum Gasteiger partial charge on any atom is 0.250 e. The summed E-state index contributed by atoms with van der Waals surface area (Å²) >= 11 is 0. The molecule has 0 spiro atoms. The number of ether oxygens (including phenoxy) is 2. The molecule has 0 aliphatic carbocycles. The van der Waals surface area contributed by atoms with Gasteiger partial charge in [-0.2, -0.15) is 4.98 Å². The van der Waals surface area contributed by atoms with Crippen LogP contribution in [0.3, 0.4) is 0 Å². The maximum absolute atomic E-state index is 13.6. The number of carbonyl (C=O) groups is 1. The van der Waals surface area contributed by atoms with Crippen LogP contribution in [0.25, 0.3) is 0 Å². The van der Waals surface area contributed by atoms with Crippen LogP contribution in [0.2, 0.25) is 0 Å². The summed E-state index contributed by atoms with van der Waals surface area (Å²) in [4.78, 5) is 19.2. The van der Waals surface area contributed by atoms with Crippen molar-refractivity contribution in [1.82, 2.24) is 15.8 Å². The van der Waals surface area contributed by atoms with E-state index < -0.39 is 11.9 Å². The van der Waals surface area contributed by atoms with Crippen LogP contribution in [0.15, 0.2) is 30.3 Å². The first-order chi connectivity index (χ1) is 14.1. The lowest BCUT2D eigenvalue weighted by Gasteiger charge is -2.19. The minimum absolute atomic E-state index is 0.0835. The van der Waals surface area contributed by atoms with Crippen LogP contribution in [0.4, 0.5) is 15.9 Å². The first kappa shape index (κ1) is 19.4. The number of anilines is 2. The second kappa shape index (κ2) is 8.22. The molecule has 1 atom stereocenters. The number of benzene rings is 1. The Bertz CT molecular complexity index is 904. The van der Waals surface area contributed by atoms with Crippen LogP contribution < -0.4 is 30.5 Å². The van der Waals surface area contributed by atoms with E-state index in [9.17, 15) is 9.18 Å². The smallest absolute Gasteiger partial charge is 0.250 e. The molecule has 2 fully saturated rings. The number of nitrogens with one attached hydrogen (secondary N) is 3. The average molecular weight is 401 g/mol. The molecule has 1 amide bonds. The maximum atomic E-state index is 13.6. The summed E-state index contributed by atoms with van der Waals surface area (Å²) in [5, 5.41) is 3.16. The van der Waals surface area contributed by atoms with Crippen LogP contribution in [-0.2, 0) is 4.79 Å². The Hall–Kier alpha value is -2.91. The van der Waals surface area contributed by atoms with Gasteiger partial charge in [-0.05, 0) is 30.7 Å². The second-order valence-corrected chi connectivity index (χ2v) is 7.05. The zero-order valence-electron chi connectivity index (χ0n) is 16.4. The monoisotopic (exact) mass is 401 g/mol. The number of hydrazine groups is 1. The number of nitrogens with zero attached hydrogens (tertiary/aromatic N) is 2. The number of aromatic nitrogens is 1. The molecule has 0 radical (unpaired) electrons. The van der Waals surface area contributed by atoms with Gasteiger partial charge in [0.1, 0.15) is 11.9 Å². The molecule has 2 saturated heterocycles. The molecule has 154 valence electrons. The third kappa shape index (κ3) is 3.83. The molecular formula is C20H24FN5O3. The topological polar surface area (TPSA) is 87.8 Å². The van der Waals surface area contributed by atoms with Crippen LogP contribution in [0.1, 0.15) is 17.9 Å². The van der Waals surface area contributed by atoms with Gasteiger partial charge in [-0.25, -0.2) is 4.39 Å². The Morgan fingerprint density at radius 1 is 1.17 bits per heavy atom. The van der Waals surface area contributed by atoms with Gasteiger partial charge < -0.3 is 14.8 Å². The number of pyridine rings is 1. The molecule has 1 aromatic heterocycles. The molecule has 2 aromatic rings. The van der Waals surface area contributed by atoms with Gasteiger partial charge in [-0.3, -0.25) is 20.5 Å². The predicted octanol–water partition coefficient (Wildman–Crippen LogP) is 1.65. The van der Waals surface area contributed by atoms with Gasteiger partial charge in [0.25, 0.3) is 5.91 Å². The number of hydrogen-bond acceptors (Lipinski definition) is 7. The van der Waals surface area contributed by atoms with Gasteiger partial charge in [0, 0.05) is 42.9 Å². The minimum atomic E-state index is -0.443. The first-order valence-corrected chi connectivity index (χ1v) is 9.53. The molecule has 9 heteroatoms. The summed E-state index contributed by atoms with van der Waals surface area (Å²) in [5.74, 6) is 0.973. The molecule has 0 bridgehead atoms. The van der Waals surface area contributed by atoms with Crippen molar-refractivity contribution < 1.29 is 18.7 Å². The molecule has 8 nitrogen and oxygen atoms in total. The highest BCUT2D eigenvalue weighted by Crippen LogP contribution is 2.31. The standard InChI is InChI=1S/C20H24FN5O3/c1-28-17-9-13(3-5-15(17)21)24-16-7-8-26(20(16)27)18-6-4-14(19(25-18)29-2)12-10-22-23-11-12/h3-6,9,12,16,22-24H,7-8,10-11H2,1-2H3. The summed E-state index contributed by atoms with van der Waals surface area (Å²) in [6.45, 7) is 2.14. The van der Waals surface area contributed by atoms with Gasteiger partial charge >= 0.3 is 0 Å². The van der Waals surface area contributed by atoms with Gasteiger partial charge in [0.05, 0.1) is 14.2 Å². The van der Waals surface area contributed by atoms with E-state index in [1.54, 1.807) is 24.1 Å². The SMILES string of the molecule is COc1cc(NC2CCN(c3ccc(C4CNNC4)c(OC)n3)C2=O)ccc1F. The Morgan fingerprint density at radius 3 is 2.69 bits per heavy atom. The zero-order chi connectivity index (χ0) is 20.4. The lowest BCUT2D eigenvalue weighted by Crippen LogP contribution is -2.34. The van der Waals surface area contributed by atoms with E-state index in [0.717, 1.165) is 18.7 Å². The van der Waals surface area contributed by atoms with E-state index >= 15 is 0 Å². The van der Waals surface area contributed by atoms with E-state index in [1.807, 2.05) is 12.1 Å². The fourth-order valence-electron chi connectivity index (χ4n) is 3.74. The van der Waals surface area contributed by atoms with Gasteiger partial charge in [-0.1, -0.05) is 0 Å². The van der Waals surface area contributed by atoms with Gasteiger partial charge in [0.2, 0.25) is 5.88 Å². The highest BCUT2D eigenvalue weighted by atomic mass is 19.1. The van der Waals surface area contributed by atoms with Crippen LogP contribution in [-0.4, -0.2) is 50.8 Å². The fraction of sp³-hybridized carbons (Fsp3) is 0.400. The molecular weight excluding hydrogens is 377 g/mol. The second-order valence-electron chi connectivity index (χ2n) is 7.05. The number of rotatable bonds is 6. The number of carbonyl (C=O) groups excluding carboxylic acids is 1. The lowest BCUT2D eigenvalue weighted by molar-refractivity contribution is -0.117. The highest BCUT2D eigenvalue weighted by Gasteiger charge is 2.34. The Morgan fingerprint density at radius 2 is 1.97 bits per heavy atom. The number of halogens is 1. The summed E-state index contributed by atoms with van der Waals surface area (Å²) < 4.78 is 24.1. The lowest BCUT2D eigenvalue weighted by atomic mass is 10.0. The number of methoxy groups -OCH3 is 2. The fourth-order valence-corrected chi connectivity index (χ4v) is 3.74. The Balaban J connectivity index is 1.50. The quantitative estimate of drug-likeness (QED) is 0.678. The highest BCUT2D eigenvalue weighted by molar-refractivity contribution is 6.00. The van der Waals surface area contributed by atoms with Crippen molar-refractivity contribution in [3.63, 3.8) is 0 Å². The number of hydrogen-bond donors (Lipinski definition) is 3. The van der Waals surface area contributed by atoms with Crippen LogP contribution in [0, 0.1) is 5.82 Å². The van der Waals surface area contributed by atoms with Crippen molar-refractivity contribution in [3.05, 3.63) is 41.7 Å². The molecule has 3 N–H and O–H groups in total. The van der Waals surface area contributed by atoms with Crippen molar-refractivity contribution in [2.24, 2.45) is 0 Å². The van der Waals surface area contributed by atoms with E-state index in [2.05, 4.69) is 21.2 Å². The first-order valence-electron chi connectivity index (χ1n) is 9.53. The molecule has 0 saturated carbocycles. The normalized spacial score (nSPS) is 19.6. The van der Waals surface area contributed by atoms with E-state index in [0.29, 0.717) is 30.4 Å². The largest absolute Gasteiger partial charge is 0.494 e. The Kier molecular flexibility index (Phi) is 5.50. The van der Waals surface area contributed by atoms with Gasteiger partial charge in [0.15, 0.2) is 11.6 Å². The molecule has 2 aliphatic heterocycles. The average Bonchev–Trinajstić information content (AvgIpc) is 3.39. The van der Waals surface area contributed by atoms with E-state index in [1.165, 1.54) is 13.2 Å². The van der Waals surface area contributed by atoms with Crippen molar-refractivity contribution in [1.29, 1.82) is 0 Å².